The van der Waals surface area contributed by atoms with Crippen molar-refractivity contribution in [1.29, 1.82) is 0 Å². The van der Waals surface area contributed by atoms with Crippen LogP contribution in [0.4, 0.5) is 0 Å². The number of ether oxygens (including phenoxy) is 1. The number of hydrogen-bond donors (Lipinski definition) is 1. The van der Waals surface area contributed by atoms with Crippen LogP contribution in [0.5, 0.6) is 0 Å². The van der Waals surface area contributed by atoms with Crippen LogP contribution in [0.15, 0.2) is 53.3 Å². The standard InChI is InChI=1S/C23H25N3O3/c1-16-8-10-17(11-9-16)26-21(25-20-7-3-2-6-19(20)23(26)28)12-13-22(27)24-15-18-5-4-14-29-18/h2-3,6-11,18H,4-5,12-15H2,1H3,(H,24,27)/t18-/m1/s1. The molecule has 3 aromatic rings. The first-order chi connectivity index (χ1) is 14.1. The van der Waals surface area contributed by atoms with Crippen LogP contribution >= 0.6 is 0 Å². The second-order valence-electron chi connectivity index (χ2n) is 7.46. The Morgan fingerprint density at radius 1 is 1.21 bits per heavy atom. The lowest BCUT2D eigenvalue weighted by molar-refractivity contribution is -0.121. The number of aromatic nitrogens is 2. The first kappa shape index (κ1) is 19.3. The first-order valence-corrected chi connectivity index (χ1v) is 10.1. The molecular formula is C23H25N3O3. The molecule has 2 aromatic carbocycles. The van der Waals surface area contributed by atoms with Crippen molar-refractivity contribution in [1.82, 2.24) is 14.9 Å². The predicted molar refractivity (Wildman–Crippen MR) is 112 cm³/mol. The molecule has 6 nitrogen and oxygen atoms in total. The van der Waals surface area contributed by atoms with Gasteiger partial charge in [-0.05, 0) is 44.0 Å². The number of nitrogens with zero attached hydrogens (tertiary/aromatic N) is 2. The minimum atomic E-state index is -0.116. The lowest BCUT2D eigenvalue weighted by Crippen LogP contribution is -2.32. The molecule has 0 unspecified atom stereocenters. The summed E-state index contributed by atoms with van der Waals surface area (Å²) in [5, 5.41) is 3.50. The number of fused-ring (bicyclic) bond motifs is 1. The minimum absolute atomic E-state index is 0.0571. The molecule has 0 bridgehead atoms. The summed E-state index contributed by atoms with van der Waals surface area (Å²) in [4.78, 5) is 30.2. The van der Waals surface area contributed by atoms with Crippen LogP contribution in [0.3, 0.4) is 0 Å². The highest BCUT2D eigenvalue weighted by Crippen LogP contribution is 2.15. The fourth-order valence-electron chi connectivity index (χ4n) is 3.65. The van der Waals surface area contributed by atoms with Crippen molar-refractivity contribution in [2.24, 2.45) is 0 Å². The molecule has 0 saturated carbocycles. The molecule has 1 aliphatic heterocycles. The molecule has 1 amide bonds. The Morgan fingerprint density at radius 3 is 2.76 bits per heavy atom. The SMILES string of the molecule is Cc1ccc(-n2c(CCC(=O)NC[C@H]3CCCO3)nc3ccccc3c2=O)cc1. The van der Waals surface area contributed by atoms with Gasteiger partial charge in [0.05, 0.1) is 22.7 Å². The maximum Gasteiger partial charge on any atom is 0.265 e. The van der Waals surface area contributed by atoms with E-state index >= 15 is 0 Å². The van der Waals surface area contributed by atoms with Crippen LogP contribution in [-0.4, -0.2) is 34.7 Å². The van der Waals surface area contributed by atoms with Gasteiger partial charge in [-0.15, -0.1) is 0 Å². The molecule has 1 aromatic heterocycles. The number of amides is 1. The van der Waals surface area contributed by atoms with Gasteiger partial charge in [0.15, 0.2) is 0 Å². The average molecular weight is 391 g/mol. The zero-order chi connectivity index (χ0) is 20.2. The van der Waals surface area contributed by atoms with Crippen LogP contribution in [0, 0.1) is 6.92 Å². The van der Waals surface area contributed by atoms with E-state index in [1.807, 2.05) is 49.4 Å². The quantitative estimate of drug-likeness (QED) is 0.701. The van der Waals surface area contributed by atoms with Gasteiger partial charge in [-0.1, -0.05) is 29.8 Å². The van der Waals surface area contributed by atoms with Crippen molar-refractivity contribution in [3.63, 3.8) is 0 Å². The third-order valence-corrected chi connectivity index (χ3v) is 5.26. The zero-order valence-electron chi connectivity index (χ0n) is 16.6. The Kier molecular flexibility index (Phi) is 5.71. The summed E-state index contributed by atoms with van der Waals surface area (Å²) >= 11 is 0. The molecule has 4 rings (SSSR count). The van der Waals surface area contributed by atoms with Gasteiger partial charge < -0.3 is 10.1 Å². The first-order valence-electron chi connectivity index (χ1n) is 10.1. The molecule has 1 aliphatic rings. The third kappa shape index (κ3) is 4.38. The van der Waals surface area contributed by atoms with E-state index in [2.05, 4.69) is 5.32 Å². The van der Waals surface area contributed by atoms with E-state index in [1.54, 1.807) is 10.6 Å². The van der Waals surface area contributed by atoms with Crippen LogP contribution in [-0.2, 0) is 16.0 Å². The van der Waals surface area contributed by atoms with E-state index in [1.165, 1.54) is 0 Å². The number of aryl methyl sites for hydroxylation is 2. The molecule has 2 heterocycles. The monoisotopic (exact) mass is 391 g/mol. The molecule has 29 heavy (non-hydrogen) atoms. The van der Waals surface area contributed by atoms with Gasteiger partial charge >= 0.3 is 0 Å². The van der Waals surface area contributed by atoms with Crippen molar-refractivity contribution >= 4 is 16.8 Å². The van der Waals surface area contributed by atoms with E-state index in [0.717, 1.165) is 30.7 Å². The fraction of sp³-hybridized carbons (Fsp3) is 0.348. The van der Waals surface area contributed by atoms with E-state index in [-0.39, 0.29) is 24.0 Å². The van der Waals surface area contributed by atoms with Crippen molar-refractivity contribution in [2.75, 3.05) is 13.2 Å². The second-order valence-corrected chi connectivity index (χ2v) is 7.46. The molecule has 0 radical (unpaired) electrons. The molecule has 1 saturated heterocycles. The number of carbonyl (C=O) groups excluding carboxylic acids is 1. The predicted octanol–water partition coefficient (Wildman–Crippen LogP) is 2.92. The highest BCUT2D eigenvalue weighted by atomic mass is 16.5. The maximum absolute atomic E-state index is 13.2. The summed E-state index contributed by atoms with van der Waals surface area (Å²) in [6, 6.07) is 15.1. The Bertz CT molecular complexity index is 1070. The number of nitrogens with one attached hydrogen (secondary N) is 1. The lowest BCUT2D eigenvalue weighted by Gasteiger charge is -2.14. The van der Waals surface area contributed by atoms with Gasteiger partial charge in [-0.3, -0.25) is 14.2 Å². The average Bonchev–Trinajstić information content (AvgIpc) is 3.25. The Balaban J connectivity index is 1.60. The number of para-hydroxylation sites is 1. The second kappa shape index (κ2) is 8.57. The summed E-state index contributed by atoms with van der Waals surface area (Å²) in [6.45, 7) is 3.31. The topological polar surface area (TPSA) is 73.2 Å². The number of benzene rings is 2. The van der Waals surface area contributed by atoms with Crippen LogP contribution in [0.1, 0.15) is 30.7 Å². The molecular weight excluding hydrogens is 366 g/mol. The number of rotatable bonds is 6. The van der Waals surface area contributed by atoms with Gasteiger partial charge in [0, 0.05) is 26.0 Å². The van der Waals surface area contributed by atoms with Gasteiger partial charge in [-0.2, -0.15) is 0 Å². The molecule has 1 fully saturated rings. The van der Waals surface area contributed by atoms with E-state index < -0.39 is 0 Å². The van der Waals surface area contributed by atoms with E-state index in [0.29, 0.717) is 29.7 Å². The van der Waals surface area contributed by atoms with Gasteiger partial charge in [-0.25, -0.2) is 4.98 Å². The fourth-order valence-corrected chi connectivity index (χ4v) is 3.65. The molecule has 150 valence electrons. The van der Waals surface area contributed by atoms with Crippen LogP contribution < -0.4 is 10.9 Å². The van der Waals surface area contributed by atoms with Crippen molar-refractivity contribution < 1.29 is 9.53 Å². The normalized spacial score (nSPS) is 16.2. The number of carbonyl (C=O) groups is 1. The van der Waals surface area contributed by atoms with Crippen molar-refractivity contribution in [3.8, 4) is 5.69 Å². The largest absolute Gasteiger partial charge is 0.376 e. The summed E-state index contributed by atoms with van der Waals surface area (Å²) < 4.78 is 7.16. The van der Waals surface area contributed by atoms with E-state index in [4.69, 9.17) is 9.72 Å². The minimum Gasteiger partial charge on any atom is -0.376 e. The summed E-state index contributed by atoms with van der Waals surface area (Å²) in [5.41, 5.74) is 2.41. The highest BCUT2D eigenvalue weighted by molar-refractivity contribution is 5.78. The summed E-state index contributed by atoms with van der Waals surface area (Å²) in [7, 11) is 0. The Morgan fingerprint density at radius 2 is 2.00 bits per heavy atom. The number of hydrogen-bond acceptors (Lipinski definition) is 4. The Hall–Kier alpha value is -2.99. The molecule has 0 spiro atoms. The zero-order valence-corrected chi connectivity index (χ0v) is 16.6. The van der Waals surface area contributed by atoms with Crippen molar-refractivity contribution in [2.45, 2.75) is 38.7 Å². The lowest BCUT2D eigenvalue weighted by atomic mass is 10.2. The molecule has 1 N–H and O–H groups in total. The summed E-state index contributed by atoms with van der Waals surface area (Å²) in [5.74, 6) is 0.531. The molecule has 6 heteroatoms. The smallest absolute Gasteiger partial charge is 0.265 e. The van der Waals surface area contributed by atoms with Crippen LogP contribution in [0.25, 0.3) is 16.6 Å². The van der Waals surface area contributed by atoms with Crippen molar-refractivity contribution in [3.05, 3.63) is 70.3 Å². The maximum atomic E-state index is 13.2. The summed E-state index contributed by atoms with van der Waals surface area (Å²) in [6.07, 6.45) is 2.79. The Labute approximate surface area is 169 Å². The molecule has 1 atom stereocenters. The van der Waals surface area contributed by atoms with E-state index in [9.17, 15) is 9.59 Å². The van der Waals surface area contributed by atoms with Gasteiger partial charge in [0.1, 0.15) is 5.82 Å². The van der Waals surface area contributed by atoms with Crippen LogP contribution in [0.2, 0.25) is 0 Å². The highest BCUT2D eigenvalue weighted by Gasteiger charge is 2.17. The van der Waals surface area contributed by atoms with Gasteiger partial charge in [0.2, 0.25) is 5.91 Å². The third-order valence-electron chi connectivity index (χ3n) is 5.26. The van der Waals surface area contributed by atoms with Gasteiger partial charge in [0.25, 0.3) is 5.56 Å². The molecule has 0 aliphatic carbocycles.